The third-order valence-corrected chi connectivity index (χ3v) is 5.23. The average Bonchev–Trinajstić information content (AvgIpc) is 3.33. The number of ether oxygens (including phenoxy) is 6. The van der Waals surface area contributed by atoms with Gasteiger partial charge in [-0.25, -0.2) is 4.79 Å². The first-order valence-electron chi connectivity index (χ1n) is 8.55. The lowest BCUT2D eigenvalue weighted by Gasteiger charge is -2.52. The standard InChI is InChI=1S/C16H24ClNO9/c1-9(19)18(17)13(20)26-11-7-24-16(8-25-14(2,3)27-16)15(21,12(11)22-4)5-10-6-23-10/h10-12,21H,5-8H2,1-4H3/t10-,11+,12+,15-,16-/m0/s1. The summed E-state index contributed by atoms with van der Waals surface area (Å²) in [6, 6.07) is 0. The highest BCUT2D eigenvalue weighted by molar-refractivity contribution is 6.28. The van der Waals surface area contributed by atoms with Crippen LogP contribution in [0.2, 0.25) is 0 Å². The van der Waals surface area contributed by atoms with Crippen LogP contribution in [-0.2, 0) is 33.2 Å². The molecular weight excluding hydrogens is 386 g/mol. The summed E-state index contributed by atoms with van der Waals surface area (Å²) < 4.78 is 33.7. The molecule has 3 saturated heterocycles. The SMILES string of the molecule is CO[C@@H]1[C@H](OC(=O)N(Cl)C(C)=O)CO[C@]2(COC(C)(C)O2)[C@]1(O)C[C@H]1CO1. The first kappa shape index (κ1) is 20.7. The number of rotatable bonds is 4. The molecular formula is C16H24ClNO9. The third-order valence-electron chi connectivity index (χ3n) is 4.85. The minimum Gasteiger partial charge on any atom is -0.440 e. The van der Waals surface area contributed by atoms with Crippen LogP contribution >= 0.6 is 11.8 Å². The Morgan fingerprint density at radius 2 is 1.96 bits per heavy atom. The Morgan fingerprint density at radius 1 is 1.30 bits per heavy atom. The predicted octanol–water partition coefficient (Wildman–Crippen LogP) is 0.538. The average molecular weight is 410 g/mol. The second kappa shape index (κ2) is 7.11. The minimum absolute atomic E-state index is 0.0428. The molecule has 0 radical (unpaired) electrons. The zero-order valence-corrected chi connectivity index (χ0v) is 16.4. The first-order valence-corrected chi connectivity index (χ1v) is 8.89. The number of halogens is 1. The van der Waals surface area contributed by atoms with E-state index in [9.17, 15) is 14.7 Å². The van der Waals surface area contributed by atoms with Gasteiger partial charge in [0.05, 0.1) is 19.3 Å². The molecule has 3 rings (SSSR count). The quantitative estimate of drug-likeness (QED) is 0.524. The van der Waals surface area contributed by atoms with Crippen molar-refractivity contribution in [1.82, 2.24) is 4.42 Å². The molecule has 10 nitrogen and oxygen atoms in total. The van der Waals surface area contributed by atoms with Gasteiger partial charge in [-0.3, -0.25) is 4.79 Å². The van der Waals surface area contributed by atoms with Gasteiger partial charge in [-0.05, 0) is 13.8 Å². The zero-order chi connectivity index (χ0) is 20.0. The smallest absolute Gasteiger partial charge is 0.432 e. The summed E-state index contributed by atoms with van der Waals surface area (Å²) in [6.07, 6.45) is -3.25. The summed E-state index contributed by atoms with van der Waals surface area (Å²) in [7, 11) is 1.37. The fourth-order valence-electron chi connectivity index (χ4n) is 3.51. The van der Waals surface area contributed by atoms with Crippen molar-refractivity contribution >= 4 is 23.8 Å². The lowest BCUT2D eigenvalue weighted by atomic mass is 9.78. The number of nitrogens with zero attached hydrogens (tertiary/aromatic N) is 1. The van der Waals surface area contributed by atoms with Crippen molar-refractivity contribution < 1.29 is 43.1 Å². The molecule has 0 aliphatic carbocycles. The van der Waals surface area contributed by atoms with E-state index in [0.717, 1.165) is 6.92 Å². The fraction of sp³-hybridized carbons (Fsp3) is 0.875. The highest BCUT2D eigenvalue weighted by Crippen LogP contribution is 2.49. The topological polar surface area (TPSA) is 116 Å². The Hall–Kier alpha value is -1.01. The van der Waals surface area contributed by atoms with Crippen LogP contribution in [0.15, 0.2) is 0 Å². The van der Waals surface area contributed by atoms with Gasteiger partial charge in [-0.15, -0.1) is 0 Å². The molecule has 2 amide bonds. The first-order chi connectivity index (χ1) is 12.5. The van der Waals surface area contributed by atoms with E-state index >= 15 is 0 Å². The van der Waals surface area contributed by atoms with Gasteiger partial charge in [0, 0.05) is 32.2 Å². The van der Waals surface area contributed by atoms with Gasteiger partial charge >= 0.3 is 6.09 Å². The van der Waals surface area contributed by atoms with Crippen molar-refractivity contribution in [2.24, 2.45) is 0 Å². The van der Waals surface area contributed by atoms with Crippen LogP contribution < -0.4 is 0 Å². The summed E-state index contributed by atoms with van der Waals surface area (Å²) >= 11 is 5.60. The highest BCUT2D eigenvalue weighted by atomic mass is 35.5. The Morgan fingerprint density at radius 3 is 2.44 bits per heavy atom. The molecule has 1 N–H and O–H groups in total. The second-order valence-electron chi connectivity index (χ2n) is 7.32. The maximum absolute atomic E-state index is 12.1. The number of carbonyl (C=O) groups is 2. The molecule has 11 heteroatoms. The molecule has 3 aliphatic heterocycles. The van der Waals surface area contributed by atoms with Crippen molar-refractivity contribution in [3.63, 3.8) is 0 Å². The summed E-state index contributed by atoms with van der Waals surface area (Å²) in [5.74, 6) is -3.21. The van der Waals surface area contributed by atoms with Gasteiger partial charge in [0.2, 0.25) is 11.7 Å². The van der Waals surface area contributed by atoms with Crippen molar-refractivity contribution in [3.8, 4) is 0 Å². The Bertz CT molecular complexity index is 613. The summed E-state index contributed by atoms with van der Waals surface area (Å²) in [4.78, 5) is 23.3. The lowest BCUT2D eigenvalue weighted by Crippen LogP contribution is -2.72. The molecule has 0 bridgehead atoms. The van der Waals surface area contributed by atoms with Crippen molar-refractivity contribution in [2.45, 2.75) is 62.7 Å². The predicted molar refractivity (Wildman–Crippen MR) is 88.5 cm³/mol. The van der Waals surface area contributed by atoms with Gasteiger partial charge in [-0.1, -0.05) is 0 Å². The Balaban J connectivity index is 1.86. The van der Waals surface area contributed by atoms with Gasteiger partial charge in [-0.2, -0.15) is 4.42 Å². The lowest BCUT2D eigenvalue weighted by molar-refractivity contribution is -0.381. The maximum Gasteiger partial charge on any atom is 0.432 e. The van der Waals surface area contributed by atoms with Gasteiger partial charge < -0.3 is 33.5 Å². The highest BCUT2D eigenvalue weighted by Gasteiger charge is 2.69. The molecule has 154 valence electrons. The molecule has 0 aromatic rings. The number of aliphatic hydroxyl groups is 1. The summed E-state index contributed by atoms with van der Waals surface area (Å²) in [5, 5.41) is 11.6. The molecule has 3 aliphatic rings. The Kier molecular flexibility index (Phi) is 5.45. The van der Waals surface area contributed by atoms with Gasteiger partial charge in [0.15, 0.2) is 17.5 Å². The van der Waals surface area contributed by atoms with E-state index in [2.05, 4.69) is 0 Å². The largest absolute Gasteiger partial charge is 0.440 e. The van der Waals surface area contributed by atoms with E-state index < -0.39 is 41.4 Å². The van der Waals surface area contributed by atoms with E-state index in [1.54, 1.807) is 13.8 Å². The van der Waals surface area contributed by atoms with Crippen molar-refractivity contribution in [3.05, 3.63) is 0 Å². The van der Waals surface area contributed by atoms with Crippen LogP contribution in [-0.4, -0.2) is 83.9 Å². The van der Waals surface area contributed by atoms with Crippen LogP contribution in [0.1, 0.15) is 27.2 Å². The van der Waals surface area contributed by atoms with E-state index in [1.807, 2.05) is 0 Å². The molecule has 3 heterocycles. The molecule has 0 saturated carbocycles. The monoisotopic (exact) mass is 409 g/mol. The number of epoxide rings is 1. The van der Waals surface area contributed by atoms with Gasteiger partial charge in [0.1, 0.15) is 12.7 Å². The number of methoxy groups -OCH3 is 1. The number of carbonyl (C=O) groups excluding carboxylic acids is 2. The summed E-state index contributed by atoms with van der Waals surface area (Å²) in [5.41, 5.74) is -1.74. The normalized spacial score (nSPS) is 40.0. The zero-order valence-electron chi connectivity index (χ0n) is 15.6. The van der Waals surface area contributed by atoms with Crippen LogP contribution in [0.5, 0.6) is 0 Å². The summed E-state index contributed by atoms with van der Waals surface area (Å²) in [6.45, 7) is 4.79. The van der Waals surface area contributed by atoms with Gasteiger partial charge in [0.25, 0.3) is 0 Å². The molecule has 27 heavy (non-hydrogen) atoms. The van der Waals surface area contributed by atoms with Crippen LogP contribution in [0.25, 0.3) is 0 Å². The van der Waals surface area contributed by atoms with E-state index in [-0.39, 0.29) is 25.7 Å². The number of hydrogen-bond donors (Lipinski definition) is 1. The maximum atomic E-state index is 12.1. The third kappa shape index (κ3) is 3.80. The van der Waals surface area contributed by atoms with Crippen LogP contribution in [0.3, 0.4) is 0 Å². The molecule has 0 aromatic carbocycles. The van der Waals surface area contributed by atoms with E-state index in [4.69, 9.17) is 40.2 Å². The van der Waals surface area contributed by atoms with Crippen LogP contribution in [0, 0.1) is 0 Å². The number of imide groups is 1. The molecule has 5 atom stereocenters. The molecule has 1 spiro atoms. The van der Waals surface area contributed by atoms with E-state index in [0.29, 0.717) is 11.0 Å². The van der Waals surface area contributed by atoms with E-state index in [1.165, 1.54) is 7.11 Å². The van der Waals surface area contributed by atoms with Crippen LogP contribution in [0.4, 0.5) is 4.79 Å². The number of hydrogen-bond acceptors (Lipinski definition) is 9. The van der Waals surface area contributed by atoms with Crippen molar-refractivity contribution in [1.29, 1.82) is 0 Å². The minimum atomic E-state index is -1.74. The second-order valence-corrected chi connectivity index (χ2v) is 7.65. The van der Waals surface area contributed by atoms with Crippen molar-refractivity contribution in [2.75, 3.05) is 26.9 Å². The molecule has 0 aromatic heterocycles. The molecule has 3 fully saturated rings. The molecule has 0 unspecified atom stereocenters. The fourth-order valence-corrected chi connectivity index (χ4v) is 3.55. The number of amides is 2. The Labute approximate surface area is 161 Å².